The molecule has 1 heterocycles. The molecule has 0 aromatic heterocycles. The largest absolute Gasteiger partial charge is 0.307 e. The highest BCUT2D eigenvalue weighted by atomic mass is 15.1. The van der Waals surface area contributed by atoms with Crippen LogP contribution in [0.1, 0.15) is 22.7 Å². The van der Waals surface area contributed by atoms with Crippen LogP contribution < -0.4 is 5.32 Å². The van der Waals surface area contributed by atoms with E-state index < -0.39 is 0 Å². The van der Waals surface area contributed by atoms with E-state index in [2.05, 4.69) is 37.4 Å². The van der Waals surface area contributed by atoms with Crippen LogP contribution in [0.2, 0.25) is 0 Å². The summed E-state index contributed by atoms with van der Waals surface area (Å²) in [6.07, 6.45) is 0. The smallest absolute Gasteiger partial charge is 0.0447 e. The highest BCUT2D eigenvalue weighted by Gasteiger charge is 2.21. The van der Waals surface area contributed by atoms with Gasteiger partial charge in [-0.15, -0.1) is 0 Å². The van der Waals surface area contributed by atoms with Gasteiger partial charge in [-0.2, -0.15) is 0 Å². The van der Waals surface area contributed by atoms with E-state index in [4.69, 9.17) is 0 Å². The minimum atomic E-state index is 0.647. The first kappa shape index (κ1) is 6.86. The second-order valence-electron chi connectivity index (χ2n) is 3.30. The zero-order valence-corrected chi connectivity index (χ0v) is 7.02. The molecule has 1 heteroatoms. The molecule has 1 N–H and O–H groups in total. The van der Waals surface area contributed by atoms with E-state index in [-0.39, 0.29) is 0 Å². The lowest BCUT2D eigenvalue weighted by atomic mass is 10.0. The highest BCUT2D eigenvalue weighted by Crippen LogP contribution is 2.23. The van der Waals surface area contributed by atoms with Gasteiger partial charge in [0.15, 0.2) is 0 Å². The fourth-order valence-corrected chi connectivity index (χ4v) is 1.28. The topological polar surface area (TPSA) is 21.9 Å². The van der Waals surface area contributed by atoms with Gasteiger partial charge in [0, 0.05) is 12.6 Å². The van der Waals surface area contributed by atoms with Crippen LogP contribution in [0.3, 0.4) is 0 Å². The standard InChI is InChI=1S/C10H13N/c1-7-3-4-9(5-8(7)2)10-6-11-10/h3-5,10-11H,6H2,1-2H3/t10-/m1/s1. The molecule has 0 bridgehead atoms. The van der Waals surface area contributed by atoms with Crippen LogP contribution in [0.25, 0.3) is 0 Å². The van der Waals surface area contributed by atoms with E-state index in [1.165, 1.54) is 16.7 Å². The Hall–Kier alpha value is -0.820. The summed E-state index contributed by atoms with van der Waals surface area (Å²) < 4.78 is 0. The van der Waals surface area contributed by atoms with Crippen molar-refractivity contribution in [2.45, 2.75) is 19.9 Å². The van der Waals surface area contributed by atoms with Gasteiger partial charge in [-0.05, 0) is 30.5 Å². The number of rotatable bonds is 1. The van der Waals surface area contributed by atoms with Gasteiger partial charge in [-0.25, -0.2) is 0 Å². The predicted molar refractivity (Wildman–Crippen MR) is 46.7 cm³/mol. The summed E-state index contributed by atoms with van der Waals surface area (Å²) in [6, 6.07) is 7.34. The normalized spacial score (nSPS) is 21.8. The molecule has 58 valence electrons. The van der Waals surface area contributed by atoms with Gasteiger partial charge < -0.3 is 5.32 Å². The Balaban J connectivity index is 2.36. The molecule has 1 fully saturated rings. The first-order valence-electron chi connectivity index (χ1n) is 4.08. The Bertz CT molecular complexity index is 274. The predicted octanol–water partition coefficient (Wildman–Crippen LogP) is 1.95. The summed E-state index contributed by atoms with van der Waals surface area (Å²) >= 11 is 0. The Morgan fingerprint density at radius 2 is 2.00 bits per heavy atom. The van der Waals surface area contributed by atoms with Crippen LogP contribution in [0.5, 0.6) is 0 Å². The van der Waals surface area contributed by atoms with Gasteiger partial charge in [-0.1, -0.05) is 18.2 Å². The maximum Gasteiger partial charge on any atom is 0.0447 e. The zero-order chi connectivity index (χ0) is 7.84. The minimum absolute atomic E-state index is 0.647. The van der Waals surface area contributed by atoms with Gasteiger partial charge >= 0.3 is 0 Å². The number of nitrogens with one attached hydrogen (secondary N) is 1. The third-order valence-electron chi connectivity index (χ3n) is 2.34. The van der Waals surface area contributed by atoms with Crippen molar-refractivity contribution < 1.29 is 0 Å². The third kappa shape index (κ3) is 1.29. The molecule has 0 unspecified atom stereocenters. The summed E-state index contributed by atoms with van der Waals surface area (Å²) in [5.74, 6) is 0. The van der Waals surface area contributed by atoms with Crippen LogP contribution in [0.15, 0.2) is 18.2 Å². The van der Waals surface area contributed by atoms with E-state index in [9.17, 15) is 0 Å². The summed E-state index contributed by atoms with van der Waals surface area (Å²) in [4.78, 5) is 0. The summed E-state index contributed by atoms with van der Waals surface area (Å²) in [7, 11) is 0. The molecule has 0 saturated carbocycles. The van der Waals surface area contributed by atoms with Crippen LogP contribution in [0, 0.1) is 13.8 Å². The average molecular weight is 147 g/mol. The summed E-state index contributed by atoms with van der Waals surface area (Å²) in [6.45, 7) is 5.48. The first-order chi connectivity index (χ1) is 5.27. The second kappa shape index (κ2) is 2.35. The van der Waals surface area contributed by atoms with Gasteiger partial charge in [-0.3, -0.25) is 0 Å². The van der Waals surface area contributed by atoms with Gasteiger partial charge in [0.2, 0.25) is 0 Å². The fourth-order valence-electron chi connectivity index (χ4n) is 1.28. The highest BCUT2D eigenvalue weighted by molar-refractivity contribution is 5.33. The maximum atomic E-state index is 3.30. The number of benzene rings is 1. The van der Waals surface area contributed by atoms with E-state index in [1.807, 2.05) is 0 Å². The van der Waals surface area contributed by atoms with Crippen molar-refractivity contribution in [2.75, 3.05) is 6.54 Å². The molecule has 11 heavy (non-hydrogen) atoms. The van der Waals surface area contributed by atoms with Crippen molar-refractivity contribution in [1.29, 1.82) is 0 Å². The quantitative estimate of drug-likeness (QED) is 0.602. The Morgan fingerprint density at radius 3 is 2.55 bits per heavy atom. The molecule has 1 aromatic carbocycles. The lowest BCUT2D eigenvalue weighted by Crippen LogP contribution is -1.87. The van der Waals surface area contributed by atoms with Crippen molar-refractivity contribution in [3.63, 3.8) is 0 Å². The zero-order valence-electron chi connectivity index (χ0n) is 7.02. The molecule has 1 atom stereocenters. The third-order valence-corrected chi connectivity index (χ3v) is 2.34. The second-order valence-corrected chi connectivity index (χ2v) is 3.30. The SMILES string of the molecule is Cc1ccc([C@H]2CN2)cc1C. The molecule has 1 aromatic rings. The van der Waals surface area contributed by atoms with Crippen molar-refractivity contribution in [2.24, 2.45) is 0 Å². The van der Waals surface area contributed by atoms with Crippen LogP contribution in [0.4, 0.5) is 0 Å². The number of hydrogen-bond donors (Lipinski definition) is 1. The van der Waals surface area contributed by atoms with Crippen LogP contribution >= 0.6 is 0 Å². The molecule has 0 aliphatic carbocycles. The van der Waals surface area contributed by atoms with Gasteiger partial charge in [0.25, 0.3) is 0 Å². The molecule has 1 saturated heterocycles. The Morgan fingerprint density at radius 1 is 1.27 bits per heavy atom. The average Bonchev–Trinajstić information content (AvgIpc) is 2.77. The monoisotopic (exact) mass is 147 g/mol. The Kier molecular flexibility index (Phi) is 1.46. The lowest BCUT2D eigenvalue weighted by Gasteiger charge is -2.01. The van der Waals surface area contributed by atoms with Crippen molar-refractivity contribution in [3.05, 3.63) is 34.9 Å². The van der Waals surface area contributed by atoms with Crippen molar-refractivity contribution in [3.8, 4) is 0 Å². The molecular formula is C10H13N. The molecule has 1 nitrogen and oxygen atoms in total. The van der Waals surface area contributed by atoms with E-state index in [0.29, 0.717) is 6.04 Å². The van der Waals surface area contributed by atoms with Gasteiger partial charge in [0.05, 0.1) is 0 Å². The van der Waals surface area contributed by atoms with E-state index in [1.54, 1.807) is 0 Å². The van der Waals surface area contributed by atoms with Crippen LogP contribution in [-0.2, 0) is 0 Å². The molecular weight excluding hydrogens is 134 g/mol. The molecule has 1 aliphatic heterocycles. The Labute approximate surface area is 67.4 Å². The first-order valence-corrected chi connectivity index (χ1v) is 4.08. The molecule has 2 rings (SSSR count). The number of aryl methyl sites for hydroxylation is 2. The van der Waals surface area contributed by atoms with E-state index >= 15 is 0 Å². The van der Waals surface area contributed by atoms with Crippen LogP contribution in [-0.4, -0.2) is 6.54 Å². The molecule has 0 amide bonds. The molecule has 1 aliphatic rings. The minimum Gasteiger partial charge on any atom is -0.307 e. The van der Waals surface area contributed by atoms with E-state index in [0.717, 1.165) is 6.54 Å². The van der Waals surface area contributed by atoms with Crippen molar-refractivity contribution >= 4 is 0 Å². The summed E-state index contributed by atoms with van der Waals surface area (Å²) in [5.41, 5.74) is 4.22. The van der Waals surface area contributed by atoms with Crippen molar-refractivity contribution in [1.82, 2.24) is 5.32 Å². The van der Waals surface area contributed by atoms with Gasteiger partial charge in [0.1, 0.15) is 0 Å². The number of hydrogen-bond acceptors (Lipinski definition) is 1. The lowest BCUT2D eigenvalue weighted by molar-refractivity contribution is 1.07. The summed E-state index contributed by atoms with van der Waals surface area (Å²) in [5, 5.41) is 3.30. The molecule has 0 spiro atoms. The molecule has 0 radical (unpaired) electrons. The fraction of sp³-hybridized carbons (Fsp3) is 0.400. The maximum absolute atomic E-state index is 3.30.